The lowest BCUT2D eigenvalue weighted by Crippen LogP contribution is -2.11. The number of benzene rings is 1. The van der Waals surface area contributed by atoms with Crippen molar-refractivity contribution < 1.29 is 0 Å². The normalized spacial score (nSPS) is 10.2. The molecule has 0 spiro atoms. The van der Waals surface area contributed by atoms with Crippen LogP contribution in [0.25, 0.3) is 0 Å². The summed E-state index contributed by atoms with van der Waals surface area (Å²) in [4.78, 5) is 0. The zero-order valence-corrected chi connectivity index (χ0v) is 10.1. The smallest absolute Gasteiger partial charge is 0.0469 e. The van der Waals surface area contributed by atoms with E-state index in [2.05, 4.69) is 48.7 Å². The molecule has 1 nitrogen and oxygen atoms in total. The van der Waals surface area contributed by atoms with Gasteiger partial charge in [-0.05, 0) is 31.0 Å². The van der Waals surface area contributed by atoms with E-state index in [1.807, 2.05) is 0 Å². The fourth-order valence-corrected chi connectivity index (χ4v) is 2.13. The van der Waals surface area contributed by atoms with E-state index in [4.69, 9.17) is 0 Å². The predicted octanol–water partition coefficient (Wildman–Crippen LogP) is 3.74. The number of rotatable bonds is 5. The van der Waals surface area contributed by atoms with Crippen molar-refractivity contribution in [3.05, 3.63) is 29.8 Å². The second-order valence-corrected chi connectivity index (χ2v) is 4.10. The van der Waals surface area contributed by atoms with E-state index < -0.39 is 0 Å². The van der Waals surface area contributed by atoms with E-state index in [1.165, 1.54) is 24.1 Å². The predicted molar refractivity (Wildman–Crippen MR) is 67.0 cm³/mol. The molecule has 0 fully saturated rings. The van der Waals surface area contributed by atoms with Crippen molar-refractivity contribution in [2.75, 3.05) is 17.1 Å². The molecule has 0 radical (unpaired) electrons. The van der Waals surface area contributed by atoms with Crippen molar-refractivity contribution >= 4 is 17.6 Å². The van der Waals surface area contributed by atoms with Crippen molar-refractivity contribution in [2.45, 2.75) is 26.7 Å². The van der Waals surface area contributed by atoms with Gasteiger partial charge in [-0.3, -0.25) is 0 Å². The summed E-state index contributed by atoms with van der Waals surface area (Å²) in [7, 11) is 0. The Labute approximate surface area is 91.6 Å². The summed E-state index contributed by atoms with van der Waals surface area (Å²) in [5, 5.41) is 0. The molecule has 0 heterocycles. The number of hydrogen-bond donors (Lipinski definition) is 0. The highest BCUT2D eigenvalue weighted by Crippen LogP contribution is 2.20. The molecule has 0 unspecified atom stereocenters. The molecule has 0 aliphatic rings. The molecule has 1 rings (SSSR count). The molecule has 78 valence electrons. The van der Waals surface area contributed by atoms with Crippen LogP contribution in [0.5, 0.6) is 0 Å². The van der Waals surface area contributed by atoms with E-state index in [9.17, 15) is 0 Å². The van der Waals surface area contributed by atoms with Crippen LogP contribution < -0.4 is 4.31 Å². The van der Waals surface area contributed by atoms with Gasteiger partial charge in [-0.25, -0.2) is 0 Å². The standard InChI is InChI=1S/C12H19NS/c1-4-6-11-7-9-12(10-8-11)13(5-2)14-3/h7-10H,4-6H2,1-3H3. The summed E-state index contributed by atoms with van der Waals surface area (Å²) < 4.78 is 2.29. The maximum atomic E-state index is 2.29. The minimum absolute atomic E-state index is 1.05. The van der Waals surface area contributed by atoms with Gasteiger partial charge in [0.15, 0.2) is 0 Å². The van der Waals surface area contributed by atoms with E-state index in [0.29, 0.717) is 0 Å². The summed E-state index contributed by atoms with van der Waals surface area (Å²) in [6, 6.07) is 8.89. The molecule has 1 aromatic rings. The van der Waals surface area contributed by atoms with Gasteiger partial charge in [-0.15, -0.1) is 0 Å². The minimum atomic E-state index is 1.05. The largest absolute Gasteiger partial charge is 0.317 e. The molecule has 0 saturated heterocycles. The van der Waals surface area contributed by atoms with E-state index in [0.717, 1.165) is 6.54 Å². The van der Waals surface area contributed by atoms with Crippen LogP contribution >= 0.6 is 11.9 Å². The maximum absolute atomic E-state index is 2.29. The first kappa shape index (κ1) is 11.4. The Morgan fingerprint density at radius 3 is 2.21 bits per heavy atom. The van der Waals surface area contributed by atoms with Crippen LogP contribution in [-0.2, 0) is 6.42 Å². The van der Waals surface area contributed by atoms with Gasteiger partial charge in [0.05, 0.1) is 0 Å². The molecule has 0 amide bonds. The number of nitrogens with zero attached hydrogens (tertiary/aromatic N) is 1. The summed E-state index contributed by atoms with van der Waals surface area (Å²) in [6.45, 7) is 5.44. The van der Waals surface area contributed by atoms with Gasteiger partial charge in [0.1, 0.15) is 0 Å². The molecular formula is C12H19NS. The SMILES string of the molecule is CCCc1ccc(N(CC)SC)cc1. The maximum Gasteiger partial charge on any atom is 0.0469 e. The third kappa shape index (κ3) is 2.95. The zero-order valence-electron chi connectivity index (χ0n) is 9.29. The van der Waals surface area contributed by atoms with Crippen LogP contribution in [0, 0.1) is 0 Å². The van der Waals surface area contributed by atoms with Crippen molar-refractivity contribution in [3.63, 3.8) is 0 Å². The highest BCUT2D eigenvalue weighted by atomic mass is 32.2. The van der Waals surface area contributed by atoms with E-state index in [-0.39, 0.29) is 0 Å². The fourth-order valence-electron chi connectivity index (χ4n) is 1.53. The third-order valence-corrected chi connectivity index (χ3v) is 3.18. The first-order chi connectivity index (χ1) is 6.81. The monoisotopic (exact) mass is 209 g/mol. The molecule has 0 aromatic heterocycles. The molecule has 2 heteroatoms. The van der Waals surface area contributed by atoms with Gasteiger partial charge in [0.2, 0.25) is 0 Å². The van der Waals surface area contributed by atoms with Gasteiger partial charge in [-0.2, -0.15) is 0 Å². The first-order valence-corrected chi connectivity index (χ1v) is 6.40. The summed E-state index contributed by atoms with van der Waals surface area (Å²) >= 11 is 1.78. The van der Waals surface area contributed by atoms with Crippen LogP contribution in [0.1, 0.15) is 25.8 Å². The van der Waals surface area contributed by atoms with E-state index in [1.54, 1.807) is 11.9 Å². The van der Waals surface area contributed by atoms with Gasteiger partial charge in [0, 0.05) is 18.5 Å². The van der Waals surface area contributed by atoms with Crippen LogP contribution in [0.4, 0.5) is 5.69 Å². The molecule has 1 aromatic carbocycles. The Bertz CT molecular complexity index is 252. The second-order valence-electron chi connectivity index (χ2n) is 3.29. The van der Waals surface area contributed by atoms with Gasteiger partial charge < -0.3 is 4.31 Å². The molecule has 0 saturated carbocycles. The third-order valence-electron chi connectivity index (χ3n) is 2.27. The lowest BCUT2D eigenvalue weighted by Gasteiger charge is -2.19. The molecule has 0 N–H and O–H groups in total. The highest BCUT2D eigenvalue weighted by molar-refractivity contribution is 7.99. The summed E-state index contributed by atoms with van der Waals surface area (Å²) in [6.07, 6.45) is 4.52. The lowest BCUT2D eigenvalue weighted by molar-refractivity contribution is 0.921. The highest BCUT2D eigenvalue weighted by Gasteiger charge is 2.01. The van der Waals surface area contributed by atoms with Gasteiger partial charge >= 0.3 is 0 Å². The molecular weight excluding hydrogens is 190 g/mol. The molecule has 0 aliphatic carbocycles. The van der Waals surface area contributed by atoms with Gasteiger partial charge in [-0.1, -0.05) is 37.4 Å². The Morgan fingerprint density at radius 2 is 1.79 bits per heavy atom. The number of anilines is 1. The summed E-state index contributed by atoms with van der Waals surface area (Å²) in [5.41, 5.74) is 2.74. The Kier molecular flexibility index (Phi) is 4.88. The fraction of sp³-hybridized carbons (Fsp3) is 0.500. The molecule has 0 bridgehead atoms. The minimum Gasteiger partial charge on any atom is -0.317 e. The average Bonchev–Trinajstić information content (AvgIpc) is 2.23. The quantitative estimate of drug-likeness (QED) is 0.680. The van der Waals surface area contributed by atoms with Crippen LogP contribution in [-0.4, -0.2) is 12.8 Å². The van der Waals surface area contributed by atoms with Crippen molar-refractivity contribution in [1.29, 1.82) is 0 Å². The zero-order chi connectivity index (χ0) is 10.4. The number of aryl methyl sites for hydroxylation is 1. The summed E-state index contributed by atoms with van der Waals surface area (Å²) in [5.74, 6) is 0. The Balaban J connectivity index is 2.71. The Hall–Kier alpha value is -0.630. The molecule has 0 atom stereocenters. The lowest BCUT2D eigenvalue weighted by atomic mass is 10.1. The Morgan fingerprint density at radius 1 is 1.14 bits per heavy atom. The van der Waals surface area contributed by atoms with E-state index >= 15 is 0 Å². The second kappa shape index (κ2) is 5.97. The van der Waals surface area contributed by atoms with Crippen LogP contribution in [0.2, 0.25) is 0 Å². The van der Waals surface area contributed by atoms with Gasteiger partial charge in [0.25, 0.3) is 0 Å². The van der Waals surface area contributed by atoms with Crippen molar-refractivity contribution in [2.24, 2.45) is 0 Å². The van der Waals surface area contributed by atoms with Crippen molar-refractivity contribution in [1.82, 2.24) is 0 Å². The van der Waals surface area contributed by atoms with Crippen LogP contribution in [0.3, 0.4) is 0 Å². The topological polar surface area (TPSA) is 3.24 Å². The average molecular weight is 209 g/mol. The molecule has 0 aliphatic heterocycles. The van der Waals surface area contributed by atoms with Crippen LogP contribution in [0.15, 0.2) is 24.3 Å². The molecule has 14 heavy (non-hydrogen) atoms. The number of hydrogen-bond acceptors (Lipinski definition) is 2. The first-order valence-electron chi connectivity index (χ1n) is 5.22. The van der Waals surface area contributed by atoms with Crippen molar-refractivity contribution in [3.8, 4) is 0 Å².